The van der Waals surface area contributed by atoms with Gasteiger partial charge in [0.15, 0.2) is 0 Å². The molecule has 0 aromatic heterocycles. The summed E-state index contributed by atoms with van der Waals surface area (Å²) in [6.45, 7) is 5.39. The second-order valence-electron chi connectivity index (χ2n) is 4.53. The fraction of sp³-hybridized carbons (Fsp3) is 0.818. The smallest absolute Gasteiger partial charge is 0.242 e. The average molecular weight is 243 g/mol. The molecule has 1 aliphatic rings. The van der Waals surface area contributed by atoms with E-state index in [0.29, 0.717) is 26.1 Å². The van der Waals surface area contributed by atoms with Crippen LogP contribution in [-0.2, 0) is 14.3 Å². The molecule has 0 saturated carbocycles. The highest BCUT2D eigenvalue weighted by atomic mass is 16.5. The number of carbonyl (C=O) groups excluding carboxylic acids is 2. The molecule has 0 aliphatic carbocycles. The van der Waals surface area contributed by atoms with Crippen molar-refractivity contribution in [1.82, 2.24) is 10.6 Å². The van der Waals surface area contributed by atoms with Crippen LogP contribution in [0.4, 0.5) is 0 Å². The fourth-order valence-electron chi connectivity index (χ4n) is 1.66. The summed E-state index contributed by atoms with van der Waals surface area (Å²) >= 11 is 0. The Morgan fingerprint density at radius 3 is 2.76 bits per heavy atom. The number of nitrogens with two attached hydrogens (primary N) is 1. The fourth-order valence-corrected chi connectivity index (χ4v) is 1.66. The van der Waals surface area contributed by atoms with Crippen molar-refractivity contribution < 1.29 is 14.3 Å². The van der Waals surface area contributed by atoms with Crippen molar-refractivity contribution in [2.75, 3.05) is 19.8 Å². The van der Waals surface area contributed by atoms with E-state index in [2.05, 4.69) is 10.6 Å². The summed E-state index contributed by atoms with van der Waals surface area (Å²) in [7, 11) is 0. The first-order valence-corrected chi connectivity index (χ1v) is 5.90. The molecule has 4 N–H and O–H groups in total. The summed E-state index contributed by atoms with van der Waals surface area (Å²) in [6, 6.07) is 0.0118. The van der Waals surface area contributed by atoms with Gasteiger partial charge in [0.05, 0.1) is 13.2 Å². The lowest BCUT2D eigenvalue weighted by Gasteiger charge is -2.28. The second kappa shape index (κ2) is 5.97. The van der Waals surface area contributed by atoms with E-state index < -0.39 is 11.4 Å². The van der Waals surface area contributed by atoms with Crippen LogP contribution in [0, 0.1) is 0 Å². The number of hydrogen-bond donors (Lipinski definition) is 3. The normalized spacial score (nSPS) is 23.8. The predicted octanol–water partition coefficient (Wildman–Crippen LogP) is -0.865. The van der Waals surface area contributed by atoms with Gasteiger partial charge < -0.3 is 21.1 Å². The number of amides is 2. The summed E-state index contributed by atoms with van der Waals surface area (Å²) in [5, 5.41) is 5.86. The third-order valence-electron chi connectivity index (χ3n) is 3.10. The van der Waals surface area contributed by atoms with Crippen molar-refractivity contribution in [1.29, 1.82) is 0 Å². The molecule has 98 valence electrons. The molecule has 0 aromatic rings. The Morgan fingerprint density at radius 2 is 2.29 bits per heavy atom. The van der Waals surface area contributed by atoms with Gasteiger partial charge in [0.2, 0.25) is 11.8 Å². The lowest BCUT2D eigenvalue weighted by Crippen LogP contribution is -2.56. The molecule has 1 saturated heterocycles. The summed E-state index contributed by atoms with van der Waals surface area (Å²) in [6.07, 6.45) is 0.769. The van der Waals surface area contributed by atoms with E-state index in [0.717, 1.165) is 6.54 Å². The van der Waals surface area contributed by atoms with E-state index in [1.54, 1.807) is 6.92 Å². The molecule has 1 rings (SSSR count). The molecule has 0 spiro atoms. The Morgan fingerprint density at radius 1 is 1.59 bits per heavy atom. The molecule has 1 heterocycles. The van der Waals surface area contributed by atoms with Crippen LogP contribution in [0.25, 0.3) is 0 Å². The van der Waals surface area contributed by atoms with E-state index in [9.17, 15) is 9.59 Å². The van der Waals surface area contributed by atoms with E-state index >= 15 is 0 Å². The van der Waals surface area contributed by atoms with Crippen LogP contribution in [0.15, 0.2) is 0 Å². The number of morpholine rings is 1. The van der Waals surface area contributed by atoms with Crippen LogP contribution in [0.2, 0.25) is 0 Å². The zero-order valence-corrected chi connectivity index (χ0v) is 10.4. The van der Waals surface area contributed by atoms with Crippen molar-refractivity contribution in [3.05, 3.63) is 0 Å². The topological polar surface area (TPSA) is 93.4 Å². The molecule has 1 aliphatic heterocycles. The number of primary amides is 1. The highest BCUT2D eigenvalue weighted by Gasteiger charge is 2.31. The van der Waals surface area contributed by atoms with Gasteiger partial charge >= 0.3 is 0 Å². The van der Waals surface area contributed by atoms with Crippen LogP contribution in [0.5, 0.6) is 0 Å². The van der Waals surface area contributed by atoms with Crippen molar-refractivity contribution in [2.24, 2.45) is 5.73 Å². The SMILES string of the molecule is CCC(C)(NC(=O)CC1COCCN1)C(N)=O. The lowest BCUT2D eigenvalue weighted by molar-refractivity contribution is -0.131. The minimum absolute atomic E-state index is 0.0118. The van der Waals surface area contributed by atoms with Gasteiger partial charge in [-0.05, 0) is 13.3 Å². The van der Waals surface area contributed by atoms with E-state index in [1.165, 1.54) is 0 Å². The number of carbonyl (C=O) groups is 2. The molecule has 1 fully saturated rings. The molecular weight excluding hydrogens is 222 g/mol. The minimum Gasteiger partial charge on any atom is -0.378 e. The standard InChI is InChI=1S/C11H21N3O3/c1-3-11(2,10(12)16)14-9(15)6-8-7-17-5-4-13-8/h8,13H,3-7H2,1-2H3,(H2,12,16)(H,14,15). The van der Waals surface area contributed by atoms with Crippen LogP contribution in [0.3, 0.4) is 0 Å². The van der Waals surface area contributed by atoms with Crippen LogP contribution in [0.1, 0.15) is 26.7 Å². The molecule has 0 bridgehead atoms. The summed E-state index contributed by atoms with van der Waals surface area (Å²) in [5.41, 5.74) is 4.30. The van der Waals surface area contributed by atoms with Crippen LogP contribution < -0.4 is 16.4 Å². The van der Waals surface area contributed by atoms with Gasteiger partial charge in [-0.15, -0.1) is 0 Å². The molecular formula is C11H21N3O3. The molecule has 0 radical (unpaired) electrons. The third kappa shape index (κ3) is 3.98. The molecule has 2 amide bonds. The second-order valence-corrected chi connectivity index (χ2v) is 4.53. The van der Waals surface area contributed by atoms with Gasteiger partial charge in [-0.1, -0.05) is 6.92 Å². The summed E-state index contributed by atoms with van der Waals surface area (Å²) < 4.78 is 5.25. The molecule has 17 heavy (non-hydrogen) atoms. The first-order chi connectivity index (χ1) is 7.98. The lowest BCUT2D eigenvalue weighted by atomic mass is 9.97. The Hall–Kier alpha value is -1.14. The summed E-state index contributed by atoms with van der Waals surface area (Å²) in [4.78, 5) is 23.0. The van der Waals surface area contributed by atoms with E-state index in [4.69, 9.17) is 10.5 Å². The Balaban J connectivity index is 2.44. The van der Waals surface area contributed by atoms with E-state index in [-0.39, 0.29) is 11.9 Å². The Labute approximate surface area is 101 Å². The number of hydrogen-bond acceptors (Lipinski definition) is 4. The van der Waals surface area contributed by atoms with Gasteiger partial charge in [0.25, 0.3) is 0 Å². The predicted molar refractivity (Wildman–Crippen MR) is 63.3 cm³/mol. The first kappa shape index (κ1) is 13.9. The Bertz CT molecular complexity index is 290. The molecule has 0 aromatic carbocycles. The molecule has 6 nitrogen and oxygen atoms in total. The van der Waals surface area contributed by atoms with Gasteiger partial charge in [-0.3, -0.25) is 9.59 Å². The number of rotatable bonds is 5. The summed E-state index contributed by atoms with van der Waals surface area (Å²) in [5.74, 6) is -0.697. The van der Waals surface area contributed by atoms with Crippen LogP contribution >= 0.6 is 0 Å². The van der Waals surface area contributed by atoms with Crippen molar-refractivity contribution in [2.45, 2.75) is 38.3 Å². The number of ether oxygens (including phenoxy) is 1. The van der Waals surface area contributed by atoms with Crippen molar-refractivity contribution in [3.63, 3.8) is 0 Å². The highest BCUT2D eigenvalue weighted by molar-refractivity contribution is 5.90. The van der Waals surface area contributed by atoms with Gasteiger partial charge in [-0.2, -0.15) is 0 Å². The Kier molecular flexibility index (Phi) is 4.89. The van der Waals surface area contributed by atoms with Crippen molar-refractivity contribution >= 4 is 11.8 Å². The average Bonchev–Trinajstić information content (AvgIpc) is 2.29. The largest absolute Gasteiger partial charge is 0.378 e. The van der Waals surface area contributed by atoms with Gasteiger partial charge in [0, 0.05) is 19.0 Å². The zero-order valence-electron chi connectivity index (χ0n) is 10.4. The zero-order chi connectivity index (χ0) is 12.9. The van der Waals surface area contributed by atoms with Crippen molar-refractivity contribution in [3.8, 4) is 0 Å². The maximum absolute atomic E-state index is 11.8. The molecule has 6 heteroatoms. The third-order valence-corrected chi connectivity index (χ3v) is 3.10. The first-order valence-electron chi connectivity index (χ1n) is 5.90. The monoisotopic (exact) mass is 243 g/mol. The minimum atomic E-state index is -0.966. The molecule has 2 unspecified atom stereocenters. The van der Waals surface area contributed by atoms with Gasteiger partial charge in [-0.25, -0.2) is 0 Å². The maximum Gasteiger partial charge on any atom is 0.242 e. The van der Waals surface area contributed by atoms with Gasteiger partial charge in [0.1, 0.15) is 5.54 Å². The van der Waals surface area contributed by atoms with Crippen LogP contribution in [-0.4, -0.2) is 43.2 Å². The quantitative estimate of drug-likeness (QED) is 0.585. The molecule has 2 atom stereocenters. The highest BCUT2D eigenvalue weighted by Crippen LogP contribution is 2.09. The maximum atomic E-state index is 11.8. The van der Waals surface area contributed by atoms with E-state index in [1.807, 2.05) is 6.92 Å². The number of nitrogens with one attached hydrogen (secondary N) is 2.